The smallest absolute Gasteiger partial charge is 0.472 e. The Morgan fingerprint density at radius 3 is 1.32 bits per heavy atom. The molecule has 0 aliphatic heterocycles. The summed E-state index contributed by atoms with van der Waals surface area (Å²) in [5.41, 5.74) is 5.32. The van der Waals surface area contributed by atoms with Gasteiger partial charge in [-0.05, 0) is 96.3 Å². The van der Waals surface area contributed by atoms with Crippen LogP contribution >= 0.6 is 7.82 Å². The number of phosphoric acid groups is 1. The SMILES string of the molecule is CC/C=C\C/C=C\C/C=C\C/C=C\C/C=C\CCCCC(=O)OC(COC(=O)CCC/C=C\C/C=C\C/C=C\C/C=C\C/C=C\CC)COP(=O)(O)OCC(N)C(=O)O. The lowest BCUT2D eigenvalue weighted by Crippen LogP contribution is -2.34. The van der Waals surface area contributed by atoms with Crippen molar-refractivity contribution in [1.82, 2.24) is 0 Å². The van der Waals surface area contributed by atoms with Gasteiger partial charge in [0.15, 0.2) is 6.10 Å². The van der Waals surface area contributed by atoms with E-state index in [2.05, 4.69) is 128 Å². The summed E-state index contributed by atoms with van der Waals surface area (Å²) < 4.78 is 32.6. The number of nitrogens with two attached hydrogens (primary N) is 1. The van der Waals surface area contributed by atoms with Crippen molar-refractivity contribution in [2.75, 3.05) is 19.8 Å². The zero-order valence-electron chi connectivity index (χ0n) is 35.5. The van der Waals surface area contributed by atoms with Crippen LogP contribution in [-0.2, 0) is 37.5 Å². The van der Waals surface area contributed by atoms with E-state index in [1.165, 1.54) is 0 Å². The van der Waals surface area contributed by atoms with Gasteiger partial charge in [0.25, 0.3) is 0 Å². The quantitative estimate of drug-likeness (QED) is 0.0235. The van der Waals surface area contributed by atoms with Gasteiger partial charge >= 0.3 is 25.7 Å². The fourth-order valence-electron chi connectivity index (χ4n) is 4.71. The Bertz CT molecular complexity index is 1450. The van der Waals surface area contributed by atoms with Crippen molar-refractivity contribution in [1.29, 1.82) is 0 Å². The van der Waals surface area contributed by atoms with Crippen molar-refractivity contribution in [3.8, 4) is 0 Å². The third-order valence-corrected chi connectivity index (χ3v) is 8.91. The summed E-state index contributed by atoms with van der Waals surface area (Å²) in [6, 6.07) is -1.54. The summed E-state index contributed by atoms with van der Waals surface area (Å²) in [4.78, 5) is 45.9. The van der Waals surface area contributed by atoms with E-state index in [0.717, 1.165) is 77.0 Å². The molecule has 0 aromatic heterocycles. The van der Waals surface area contributed by atoms with E-state index in [-0.39, 0.29) is 12.8 Å². The number of allylic oxidation sites excluding steroid dienone is 20. The normalized spacial score (nSPS) is 14.9. The molecule has 0 bridgehead atoms. The predicted octanol–water partition coefficient (Wildman–Crippen LogP) is 11.2. The number of carbonyl (C=O) groups excluding carboxylic acids is 2. The zero-order chi connectivity index (χ0) is 43.5. The number of carboxylic acid groups (broad SMARTS) is 1. The van der Waals surface area contributed by atoms with Crippen LogP contribution in [0.25, 0.3) is 0 Å². The fourth-order valence-corrected chi connectivity index (χ4v) is 5.49. The molecule has 4 N–H and O–H groups in total. The van der Waals surface area contributed by atoms with Gasteiger partial charge in [-0.3, -0.25) is 23.4 Å². The molecule has 0 heterocycles. The Kier molecular flexibility index (Phi) is 37.8. The molecular formula is C47H72NO10P. The molecule has 0 fully saturated rings. The van der Waals surface area contributed by atoms with Crippen LogP contribution in [0.4, 0.5) is 0 Å². The van der Waals surface area contributed by atoms with Gasteiger partial charge in [0.05, 0.1) is 13.2 Å². The Hall–Kier alpha value is -4.12. The molecule has 330 valence electrons. The molecule has 0 aliphatic rings. The number of esters is 2. The number of hydrogen-bond acceptors (Lipinski definition) is 9. The molecule has 0 aliphatic carbocycles. The Morgan fingerprint density at radius 2 is 0.898 bits per heavy atom. The van der Waals surface area contributed by atoms with Crippen molar-refractivity contribution >= 4 is 25.7 Å². The third-order valence-electron chi connectivity index (χ3n) is 7.96. The van der Waals surface area contributed by atoms with Gasteiger partial charge in [-0.2, -0.15) is 0 Å². The van der Waals surface area contributed by atoms with Crippen molar-refractivity contribution in [3.05, 3.63) is 122 Å². The maximum Gasteiger partial charge on any atom is 0.472 e. The van der Waals surface area contributed by atoms with Crippen LogP contribution in [0.1, 0.15) is 123 Å². The van der Waals surface area contributed by atoms with Crippen LogP contribution in [0.5, 0.6) is 0 Å². The molecule has 0 amide bonds. The summed E-state index contributed by atoms with van der Waals surface area (Å²) in [6.45, 7) is 2.44. The van der Waals surface area contributed by atoms with Crippen LogP contribution in [0, 0.1) is 0 Å². The summed E-state index contributed by atoms with van der Waals surface area (Å²) in [6.07, 6.45) is 54.2. The van der Waals surface area contributed by atoms with E-state index in [1.807, 2.05) is 12.2 Å². The maximum absolute atomic E-state index is 12.6. The van der Waals surface area contributed by atoms with Gasteiger partial charge in [-0.25, -0.2) is 4.57 Å². The summed E-state index contributed by atoms with van der Waals surface area (Å²) in [5, 5.41) is 8.89. The number of unbranched alkanes of at least 4 members (excludes halogenated alkanes) is 3. The fraction of sp³-hybridized carbons (Fsp3) is 0.511. The molecule has 11 nitrogen and oxygen atoms in total. The largest absolute Gasteiger partial charge is 0.480 e. The number of ether oxygens (including phenoxy) is 2. The second kappa shape index (κ2) is 40.7. The van der Waals surface area contributed by atoms with Gasteiger partial charge in [0, 0.05) is 12.8 Å². The Labute approximate surface area is 354 Å². The first-order chi connectivity index (χ1) is 28.6. The first-order valence-corrected chi connectivity index (χ1v) is 22.6. The first-order valence-electron chi connectivity index (χ1n) is 21.1. The second-order valence-electron chi connectivity index (χ2n) is 13.4. The monoisotopic (exact) mass is 841 g/mol. The third kappa shape index (κ3) is 40.4. The summed E-state index contributed by atoms with van der Waals surface area (Å²) in [7, 11) is -4.75. The summed E-state index contributed by atoms with van der Waals surface area (Å²) in [5.74, 6) is -2.53. The molecule has 0 saturated carbocycles. The lowest BCUT2D eigenvalue weighted by molar-refractivity contribution is -0.161. The average Bonchev–Trinajstić information content (AvgIpc) is 3.21. The highest BCUT2D eigenvalue weighted by molar-refractivity contribution is 7.47. The van der Waals surface area contributed by atoms with E-state index in [4.69, 9.17) is 24.8 Å². The number of phosphoric ester groups is 1. The number of carbonyl (C=O) groups is 3. The maximum atomic E-state index is 12.6. The molecule has 3 atom stereocenters. The van der Waals surface area contributed by atoms with Gasteiger partial charge < -0.3 is 25.2 Å². The zero-order valence-corrected chi connectivity index (χ0v) is 36.4. The number of aliphatic carboxylic acids is 1. The van der Waals surface area contributed by atoms with Crippen LogP contribution in [0.3, 0.4) is 0 Å². The van der Waals surface area contributed by atoms with Crippen LogP contribution in [0.2, 0.25) is 0 Å². The molecule has 0 saturated heterocycles. The minimum atomic E-state index is -4.75. The molecule has 0 spiro atoms. The molecular weight excluding hydrogens is 769 g/mol. The van der Waals surface area contributed by atoms with Crippen LogP contribution in [-0.4, -0.2) is 59.9 Å². The molecule has 3 unspecified atom stereocenters. The van der Waals surface area contributed by atoms with Crippen LogP contribution in [0.15, 0.2) is 122 Å². The standard InChI is InChI=1S/C47H72NO10P/c1-3-5-7-9-11-13-15-17-19-21-23-25-27-29-31-33-35-37-39-46(50)58-43(41-56-59(53,54)57-42-44(48)47(51)52)40-55-45(49)38-36-34-32-30-28-26-24-22-20-18-16-14-12-10-8-6-4-2/h5-8,11-14,17-20,23-26,29-32,43-44H,3-4,9-10,15-16,21-22,27-28,33-42,48H2,1-2H3,(H,51,52)(H,53,54)/b7-5-,8-6-,13-11-,14-12-,19-17-,20-18-,25-23-,26-24-,31-29-,32-30-. The van der Waals surface area contributed by atoms with Gasteiger partial charge in [-0.15, -0.1) is 0 Å². The van der Waals surface area contributed by atoms with E-state index >= 15 is 0 Å². The number of rotatable bonds is 37. The highest BCUT2D eigenvalue weighted by Gasteiger charge is 2.28. The molecule has 0 rings (SSSR count). The average molecular weight is 842 g/mol. The van der Waals surface area contributed by atoms with Crippen molar-refractivity contribution < 1.29 is 47.5 Å². The molecule has 12 heteroatoms. The molecule has 59 heavy (non-hydrogen) atoms. The minimum absolute atomic E-state index is 0.0865. The van der Waals surface area contributed by atoms with E-state index < -0.39 is 57.7 Å². The summed E-state index contributed by atoms with van der Waals surface area (Å²) >= 11 is 0. The van der Waals surface area contributed by atoms with E-state index in [0.29, 0.717) is 19.3 Å². The first kappa shape index (κ1) is 54.9. The highest BCUT2D eigenvalue weighted by atomic mass is 31.2. The molecule has 0 aromatic rings. The van der Waals surface area contributed by atoms with Gasteiger partial charge in [-0.1, -0.05) is 135 Å². The molecule has 0 radical (unpaired) electrons. The van der Waals surface area contributed by atoms with Gasteiger partial charge in [0.2, 0.25) is 0 Å². The van der Waals surface area contributed by atoms with Crippen molar-refractivity contribution in [3.63, 3.8) is 0 Å². The number of carboxylic acids is 1. The Balaban J connectivity index is 4.59. The molecule has 0 aromatic carbocycles. The lowest BCUT2D eigenvalue weighted by Gasteiger charge is -2.20. The predicted molar refractivity (Wildman–Crippen MR) is 239 cm³/mol. The van der Waals surface area contributed by atoms with Crippen LogP contribution < -0.4 is 5.73 Å². The lowest BCUT2D eigenvalue weighted by atomic mass is 10.2. The highest BCUT2D eigenvalue weighted by Crippen LogP contribution is 2.43. The second-order valence-corrected chi connectivity index (χ2v) is 14.8. The Morgan fingerprint density at radius 1 is 0.525 bits per heavy atom. The van der Waals surface area contributed by atoms with Crippen molar-refractivity contribution in [2.24, 2.45) is 5.73 Å². The van der Waals surface area contributed by atoms with E-state index in [1.54, 1.807) is 0 Å². The van der Waals surface area contributed by atoms with Gasteiger partial charge in [0.1, 0.15) is 12.6 Å². The van der Waals surface area contributed by atoms with Crippen molar-refractivity contribution in [2.45, 2.75) is 135 Å². The minimum Gasteiger partial charge on any atom is -0.480 e. The van der Waals surface area contributed by atoms with E-state index in [9.17, 15) is 23.8 Å². The number of hydrogen-bond donors (Lipinski definition) is 3. The topological polar surface area (TPSA) is 172 Å².